The number of hydrogen-bond acceptors (Lipinski definition) is 4. The molecule has 1 unspecified atom stereocenters. The van der Waals surface area contributed by atoms with Gasteiger partial charge in [0.1, 0.15) is 5.82 Å². The SMILES string of the molecule is CCCn1cc(S(=O)(=O)N2CCC(CNC)C2)nc1C. The Labute approximate surface area is 121 Å². The van der Waals surface area contributed by atoms with E-state index in [0.29, 0.717) is 19.0 Å². The number of aryl methyl sites for hydroxylation is 2. The first-order valence-corrected chi connectivity index (χ1v) is 8.61. The minimum absolute atomic E-state index is 0.188. The van der Waals surface area contributed by atoms with Crippen molar-refractivity contribution >= 4 is 10.0 Å². The van der Waals surface area contributed by atoms with Gasteiger partial charge in [-0.15, -0.1) is 0 Å². The Morgan fingerprint density at radius 3 is 2.90 bits per heavy atom. The van der Waals surface area contributed by atoms with Gasteiger partial charge in [-0.3, -0.25) is 0 Å². The lowest BCUT2D eigenvalue weighted by Crippen LogP contribution is -2.30. The van der Waals surface area contributed by atoms with Crippen LogP contribution in [-0.4, -0.2) is 49.0 Å². The van der Waals surface area contributed by atoms with Crippen LogP contribution in [0, 0.1) is 12.8 Å². The molecular formula is C13H24N4O2S. The summed E-state index contributed by atoms with van der Waals surface area (Å²) in [4.78, 5) is 4.23. The van der Waals surface area contributed by atoms with Crippen LogP contribution < -0.4 is 5.32 Å². The van der Waals surface area contributed by atoms with Gasteiger partial charge in [-0.1, -0.05) is 6.92 Å². The molecule has 1 fully saturated rings. The van der Waals surface area contributed by atoms with Gasteiger partial charge in [0.2, 0.25) is 0 Å². The zero-order valence-corrected chi connectivity index (χ0v) is 13.3. The molecule has 0 aliphatic carbocycles. The largest absolute Gasteiger partial charge is 0.334 e. The lowest BCUT2D eigenvalue weighted by molar-refractivity contribution is 0.449. The summed E-state index contributed by atoms with van der Waals surface area (Å²) in [5.41, 5.74) is 0. The average molecular weight is 300 g/mol. The van der Waals surface area contributed by atoms with Gasteiger partial charge in [0.05, 0.1) is 0 Å². The molecule has 20 heavy (non-hydrogen) atoms. The summed E-state index contributed by atoms with van der Waals surface area (Å²) in [6, 6.07) is 0. The molecule has 6 nitrogen and oxygen atoms in total. The fraction of sp³-hybridized carbons (Fsp3) is 0.769. The third-order valence-electron chi connectivity index (χ3n) is 3.76. The van der Waals surface area contributed by atoms with Crippen molar-refractivity contribution in [3.8, 4) is 0 Å². The minimum atomic E-state index is -3.44. The molecule has 0 aromatic carbocycles. The highest BCUT2D eigenvalue weighted by Gasteiger charge is 2.33. The maximum absolute atomic E-state index is 12.6. The molecular weight excluding hydrogens is 276 g/mol. The van der Waals surface area contributed by atoms with E-state index in [9.17, 15) is 8.42 Å². The zero-order valence-electron chi connectivity index (χ0n) is 12.5. The van der Waals surface area contributed by atoms with Crippen LogP contribution in [0.25, 0.3) is 0 Å². The maximum Gasteiger partial charge on any atom is 0.262 e. The fourth-order valence-electron chi connectivity index (χ4n) is 2.67. The highest BCUT2D eigenvalue weighted by molar-refractivity contribution is 7.89. The quantitative estimate of drug-likeness (QED) is 0.845. The summed E-state index contributed by atoms with van der Waals surface area (Å²) in [6.07, 6.45) is 3.54. The summed E-state index contributed by atoms with van der Waals surface area (Å²) in [5.74, 6) is 1.16. The second-order valence-electron chi connectivity index (χ2n) is 5.40. The number of nitrogens with one attached hydrogen (secondary N) is 1. The zero-order chi connectivity index (χ0) is 14.8. The summed E-state index contributed by atoms with van der Waals surface area (Å²) < 4.78 is 28.6. The third kappa shape index (κ3) is 3.05. The van der Waals surface area contributed by atoms with Crippen LogP contribution in [0.15, 0.2) is 11.2 Å². The van der Waals surface area contributed by atoms with Crippen LogP contribution >= 0.6 is 0 Å². The third-order valence-corrected chi connectivity index (χ3v) is 5.50. The number of nitrogens with zero attached hydrogens (tertiary/aromatic N) is 3. The molecule has 0 amide bonds. The van der Waals surface area contributed by atoms with E-state index in [2.05, 4.69) is 17.2 Å². The van der Waals surface area contributed by atoms with Crippen molar-refractivity contribution in [1.29, 1.82) is 0 Å². The van der Waals surface area contributed by atoms with E-state index < -0.39 is 10.0 Å². The molecule has 1 aliphatic heterocycles. The molecule has 1 aliphatic rings. The van der Waals surface area contributed by atoms with Gasteiger partial charge in [0.25, 0.3) is 10.0 Å². The second kappa shape index (κ2) is 6.24. The standard InChI is InChI=1S/C13H24N4O2S/c1-4-6-16-10-13(15-11(16)2)20(18,19)17-7-5-12(9-17)8-14-3/h10,12,14H,4-9H2,1-3H3. The molecule has 7 heteroatoms. The number of sulfonamides is 1. The molecule has 2 rings (SSSR count). The van der Waals surface area contributed by atoms with E-state index in [1.165, 1.54) is 0 Å². The van der Waals surface area contributed by atoms with E-state index in [-0.39, 0.29) is 5.03 Å². The number of rotatable bonds is 6. The van der Waals surface area contributed by atoms with Crippen molar-refractivity contribution in [2.45, 2.75) is 38.3 Å². The summed E-state index contributed by atoms with van der Waals surface area (Å²) in [5, 5.41) is 3.30. The lowest BCUT2D eigenvalue weighted by Gasteiger charge is -2.14. The molecule has 0 spiro atoms. The van der Waals surface area contributed by atoms with Gasteiger partial charge in [0.15, 0.2) is 5.03 Å². The molecule has 1 atom stereocenters. The maximum atomic E-state index is 12.6. The predicted molar refractivity (Wildman–Crippen MR) is 78.0 cm³/mol. The Morgan fingerprint density at radius 1 is 1.50 bits per heavy atom. The molecule has 1 aromatic rings. The van der Waals surface area contributed by atoms with E-state index in [1.54, 1.807) is 10.5 Å². The van der Waals surface area contributed by atoms with E-state index in [4.69, 9.17) is 0 Å². The normalized spacial score (nSPS) is 20.6. The summed E-state index contributed by atoms with van der Waals surface area (Å²) in [7, 11) is -1.54. The Kier molecular flexibility index (Phi) is 4.82. The monoisotopic (exact) mass is 300 g/mol. The van der Waals surface area contributed by atoms with Crippen molar-refractivity contribution < 1.29 is 8.42 Å². The minimum Gasteiger partial charge on any atom is -0.334 e. The van der Waals surface area contributed by atoms with Crippen LogP contribution in [0.2, 0.25) is 0 Å². The second-order valence-corrected chi connectivity index (χ2v) is 7.28. The number of hydrogen-bond donors (Lipinski definition) is 1. The van der Waals surface area contributed by atoms with Gasteiger partial charge >= 0.3 is 0 Å². The summed E-state index contributed by atoms with van der Waals surface area (Å²) >= 11 is 0. The smallest absolute Gasteiger partial charge is 0.262 e. The van der Waals surface area contributed by atoms with Gasteiger partial charge in [0, 0.05) is 25.8 Å². The Balaban J connectivity index is 2.16. The summed E-state index contributed by atoms with van der Waals surface area (Å²) in [6.45, 7) is 6.75. The highest BCUT2D eigenvalue weighted by Crippen LogP contribution is 2.23. The fourth-order valence-corrected chi connectivity index (χ4v) is 4.20. The van der Waals surface area contributed by atoms with Crippen molar-refractivity contribution in [2.24, 2.45) is 5.92 Å². The van der Waals surface area contributed by atoms with E-state index in [0.717, 1.165) is 31.8 Å². The van der Waals surface area contributed by atoms with Crippen molar-refractivity contribution in [3.05, 3.63) is 12.0 Å². The van der Waals surface area contributed by atoms with Gasteiger partial charge in [-0.2, -0.15) is 4.31 Å². The Bertz CT molecular complexity index is 553. The van der Waals surface area contributed by atoms with E-state index in [1.807, 2.05) is 18.5 Å². The first kappa shape index (κ1) is 15.5. The number of imidazole rings is 1. The Hall–Kier alpha value is -0.920. The van der Waals surface area contributed by atoms with Crippen molar-refractivity contribution in [3.63, 3.8) is 0 Å². The molecule has 0 radical (unpaired) electrons. The van der Waals surface area contributed by atoms with Crippen molar-refractivity contribution in [2.75, 3.05) is 26.7 Å². The van der Waals surface area contributed by atoms with Crippen LogP contribution in [0.4, 0.5) is 0 Å². The molecule has 1 N–H and O–H groups in total. The topological polar surface area (TPSA) is 67.2 Å². The highest BCUT2D eigenvalue weighted by atomic mass is 32.2. The Morgan fingerprint density at radius 2 is 2.25 bits per heavy atom. The first-order valence-electron chi connectivity index (χ1n) is 7.17. The molecule has 1 aromatic heterocycles. The molecule has 0 saturated carbocycles. The molecule has 1 saturated heterocycles. The van der Waals surface area contributed by atoms with Crippen LogP contribution in [0.1, 0.15) is 25.6 Å². The lowest BCUT2D eigenvalue weighted by atomic mass is 10.1. The van der Waals surface area contributed by atoms with Crippen LogP contribution in [0.5, 0.6) is 0 Å². The van der Waals surface area contributed by atoms with Crippen LogP contribution in [0.3, 0.4) is 0 Å². The average Bonchev–Trinajstić information content (AvgIpc) is 2.99. The number of aromatic nitrogens is 2. The first-order chi connectivity index (χ1) is 9.48. The predicted octanol–water partition coefficient (Wildman–Crippen LogP) is 0.832. The van der Waals surface area contributed by atoms with Gasteiger partial charge < -0.3 is 9.88 Å². The molecule has 114 valence electrons. The van der Waals surface area contributed by atoms with Crippen molar-refractivity contribution in [1.82, 2.24) is 19.2 Å². The van der Waals surface area contributed by atoms with Gasteiger partial charge in [-0.25, -0.2) is 13.4 Å². The van der Waals surface area contributed by atoms with E-state index >= 15 is 0 Å². The molecule has 2 heterocycles. The van der Waals surface area contributed by atoms with Gasteiger partial charge in [-0.05, 0) is 39.3 Å². The molecule has 0 bridgehead atoms. The van der Waals surface area contributed by atoms with Crippen LogP contribution in [-0.2, 0) is 16.6 Å².